The highest BCUT2D eigenvalue weighted by molar-refractivity contribution is 9.10. The predicted octanol–water partition coefficient (Wildman–Crippen LogP) is 4.49. The van der Waals surface area contributed by atoms with Crippen LogP contribution < -0.4 is 0 Å². The summed E-state index contributed by atoms with van der Waals surface area (Å²) < 4.78 is 0.715. The quantitative estimate of drug-likeness (QED) is 0.526. The van der Waals surface area contributed by atoms with Gasteiger partial charge in [0.2, 0.25) is 0 Å². The molecule has 0 aliphatic carbocycles. The number of amides is 1. The van der Waals surface area contributed by atoms with Gasteiger partial charge >= 0.3 is 0 Å². The van der Waals surface area contributed by atoms with Gasteiger partial charge in [-0.1, -0.05) is 30.3 Å². The lowest BCUT2D eigenvalue weighted by Crippen LogP contribution is -2.39. The molecule has 0 aliphatic heterocycles. The molecular formula is C22H24BrN5O. The summed E-state index contributed by atoms with van der Waals surface area (Å²) in [6.45, 7) is 6.49. The van der Waals surface area contributed by atoms with E-state index in [4.69, 9.17) is 0 Å². The van der Waals surface area contributed by atoms with E-state index in [0.29, 0.717) is 28.2 Å². The highest BCUT2D eigenvalue weighted by Crippen LogP contribution is 2.23. The topological polar surface area (TPSA) is 71.9 Å². The third kappa shape index (κ3) is 5.23. The van der Waals surface area contributed by atoms with E-state index in [2.05, 4.69) is 42.8 Å². The standard InChI is InChI=1S/C22H24BrN5O/c1-4-28(15(2)10-11-18-12-26-20(23)14-25-18)22(29)19-13-24-16(3)27-21(19)17-8-6-5-7-9-17/h5-9,12-15H,4,10-11H2,1-3H3/t15-/m0/s1. The molecule has 0 radical (unpaired) electrons. The molecule has 1 amide bonds. The molecule has 0 saturated carbocycles. The molecule has 6 nitrogen and oxygen atoms in total. The Morgan fingerprint density at radius 3 is 2.52 bits per heavy atom. The second kappa shape index (κ2) is 9.69. The highest BCUT2D eigenvalue weighted by Gasteiger charge is 2.24. The molecule has 0 N–H and O–H groups in total. The van der Waals surface area contributed by atoms with Gasteiger partial charge in [0.15, 0.2) is 0 Å². The molecule has 150 valence electrons. The van der Waals surface area contributed by atoms with Crippen LogP contribution in [0.3, 0.4) is 0 Å². The summed E-state index contributed by atoms with van der Waals surface area (Å²) in [5, 5.41) is 0. The zero-order valence-corrected chi connectivity index (χ0v) is 18.4. The minimum atomic E-state index is -0.0549. The van der Waals surface area contributed by atoms with Gasteiger partial charge < -0.3 is 4.90 Å². The first-order chi connectivity index (χ1) is 14.0. The number of benzene rings is 1. The average Bonchev–Trinajstić information content (AvgIpc) is 2.74. The summed E-state index contributed by atoms with van der Waals surface area (Å²) in [5.41, 5.74) is 3.02. The zero-order chi connectivity index (χ0) is 20.8. The summed E-state index contributed by atoms with van der Waals surface area (Å²) in [7, 11) is 0. The Labute approximate surface area is 179 Å². The van der Waals surface area contributed by atoms with Gasteiger partial charge in [0.05, 0.1) is 23.1 Å². The summed E-state index contributed by atoms with van der Waals surface area (Å²) in [5.74, 6) is 0.589. The fourth-order valence-electron chi connectivity index (χ4n) is 3.23. The fourth-order valence-corrected chi connectivity index (χ4v) is 3.44. The van der Waals surface area contributed by atoms with Crippen LogP contribution in [0.4, 0.5) is 0 Å². The smallest absolute Gasteiger partial charge is 0.257 e. The monoisotopic (exact) mass is 453 g/mol. The maximum Gasteiger partial charge on any atom is 0.257 e. The van der Waals surface area contributed by atoms with Crippen molar-refractivity contribution in [1.29, 1.82) is 0 Å². The largest absolute Gasteiger partial charge is 0.336 e. The van der Waals surface area contributed by atoms with Crippen LogP contribution in [-0.2, 0) is 6.42 Å². The van der Waals surface area contributed by atoms with Gasteiger partial charge in [-0.05, 0) is 49.5 Å². The number of carbonyl (C=O) groups is 1. The summed E-state index contributed by atoms with van der Waals surface area (Å²) in [4.78, 5) is 32.7. The lowest BCUT2D eigenvalue weighted by Gasteiger charge is -2.28. The van der Waals surface area contributed by atoms with Crippen LogP contribution in [-0.4, -0.2) is 43.3 Å². The van der Waals surface area contributed by atoms with Crippen molar-refractivity contribution in [2.24, 2.45) is 0 Å². The summed E-state index contributed by atoms with van der Waals surface area (Å²) >= 11 is 3.30. The molecule has 0 spiro atoms. The van der Waals surface area contributed by atoms with Gasteiger partial charge in [-0.15, -0.1) is 0 Å². The van der Waals surface area contributed by atoms with Crippen molar-refractivity contribution in [2.45, 2.75) is 39.7 Å². The molecule has 7 heteroatoms. The number of hydrogen-bond acceptors (Lipinski definition) is 5. The molecule has 1 aromatic carbocycles. The Bertz CT molecular complexity index is 963. The van der Waals surface area contributed by atoms with E-state index >= 15 is 0 Å². The third-order valence-corrected chi connectivity index (χ3v) is 5.22. The number of aryl methyl sites for hydroxylation is 2. The SMILES string of the molecule is CCN(C(=O)c1cnc(C)nc1-c1ccccc1)[C@@H](C)CCc1cnc(Br)cn1. The van der Waals surface area contributed by atoms with Crippen molar-refractivity contribution in [3.05, 3.63) is 70.6 Å². The van der Waals surface area contributed by atoms with Crippen LogP contribution in [0.5, 0.6) is 0 Å². The molecule has 0 unspecified atom stereocenters. The number of aromatic nitrogens is 4. The van der Waals surface area contributed by atoms with Crippen LogP contribution in [0.15, 0.2) is 53.5 Å². The molecule has 0 bridgehead atoms. The molecule has 29 heavy (non-hydrogen) atoms. The van der Waals surface area contributed by atoms with Crippen LogP contribution in [0.2, 0.25) is 0 Å². The van der Waals surface area contributed by atoms with Crippen molar-refractivity contribution in [3.8, 4) is 11.3 Å². The predicted molar refractivity (Wildman–Crippen MR) is 116 cm³/mol. The molecule has 0 saturated heterocycles. The summed E-state index contributed by atoms with van der Waals surface area (Å²) in [6.07, 6.45) is 6.64. The zero-order valence-electron chi connectivity index (χ0n) is 16.8. The van der Waals surface area contributed by atoms with Crippen molar-refractivity contribution in [3.63, 3.8) is 0 Å². The maximum absolute atomic E-state index is 13.4. The van der Waals surface area contributed by atoms with Gasteiger partial charge in [0.25, 0.3) is 5.91 Å². The van der Waals surface area contributed by atoms with Crippen LogP contribution in [0.25, 0.3) is 11.3 Å². The Balaban J connectivity index is 1.81. The summed E-state index contributed by atoms with van der Waals surface area (Å²) in [6, 6.07) is 9.81. The Morgan fingerprint density at radius 2 is 1.86 bits per heavy atom. The van der Waals surface area contributed by atoms with Crippen LogP contribution in [0.1, 0.15) is 42.1 Å². The van der Waals surface area contributed by atoms with Gasteiger partial charge in [-0.2, -0.15) is 0 Å². The Kier molecular flexibility index (Phi) is 7.04. The first-order valence-electron chi connectivity index (χ1n) is 9.66. The van der Waals surface area contributed by atoms with E-state index in [9.17, 15) is 4.79 Å². The third-order valence-electron chi connectivity index (χ3n) is 4.81. The van der Waals surface area contributed by atoms with Gasteiger partial charge in [0.1, 0.15) is 10.4 Å². The Hall–Kier alpha value is -2.67. The average molecular weight is 454 g/mol. The minimum absolute atomic E-state index is 0.0443. The van der Waals surface area contributed by atoms with E-state index < -0.39 is 0 Å². The molecule has 1 atom stereocenters. The van der Waals surface area contributed by atoms with E-state index in [1.165, 1.54) is 0 Å². The number of halogens is 1. The number of rotatable bonds is 7. The second-order valence-corrected chi connectivity index (χ2v) is 7.67. The van der Waals surface area contributed by atoms with E-state index in [0.717, 1.165) is 24.1 Å². The molecular weight excluding hydrogens is 430 g/mol. The normalized spacial score (nSPS) is 11.9. The van der Waals surface area contributed by atoms with E-state index in [-0.39, 0.29) is 11.9 Å². The molecule has 3 aromatic rings. The number of carbonyl (C=O) groups excluding carboxylic acids is 1. The van der Waals surface area contributed by atoms with E-state index in [1.54, 1.807) is 18.6 Å². The van der Waals surface area contributed by atoms with Crippen LogP contribution in [0, 0.1) is 6.92 Å². The van der Waals surface area contributed by atoms with Gasteiger partial charge in [0, 0.05) is 30.5 Å². The van der Waals surface area contributed by atoms with Gasteiger partial charge in [-0.3, -0.25) is 9.78 Å². The molecule has 2 aromatic heterocycles. The Morgan fingerprint density at radius 1 is 1.10 bits per heavy atom. The van der Waals surface area contributed by atoms with Crippen molar-refractivity contribution in [1.82, 2.24) is 24.8 Å². The first-order valence-corrected chi connectivity index (χ1v) is 10.4. The molecule has 0 aliphatic rings. The molecule has 3 rings (SSSR count). The highest BCUT2D eigenvalue weighted by atomic mass is 79.9. The van der Waals surface area contributed by atoms with Crippen LogP contribution >= 0.6 is 15.9 Å². The van der Waals surface area contributed by atoms with Gasteiger partial charge in [-0.25, -0.2) is 15.0 Å². The molecule has 0 fully saturated rings. The second-order valence-electron chi connectivity index (χ2n) is 6.85. The lowest BCUT2D eigenvalue weighted by atomic mass is 10.0. The van der Waals surface area contributed by atoms with E-state index in [1.807, 2.05) is 49.1 Å². The number of hydrogen-bond donors (Lipinski definition) is 0. The number of nitrogens with zero attached hydrogens (tertiary/aromatic N) is 5. The lowest BCUT2D eigenvalue weighted by molar-refractivity contribution is 0.0696. The van der Waals surface area contributed by atoms with Crippen molar-refractivity contribution in [2.75, 3.05) is 6.54 Å². The minimum Gasteiger partial charge on any atom is -0.336 e. The maximum atomic E-state index is 13.4. The first kappa shape index (κ1) is 21.0. The fraction of sp³-hybridized carbons (Fsp3) is 0.318. The van der Waals surface area contributed by atoms with Crippen molar-refractivity contribution < 1.29 is 4.79 Å². The molecule has 2 heterocycles. The van der Waals surface area contributed by atoms with Crippen molar-refractivity contribution >= 4 is 21.8 Å².